The third-order valence-electron chi connectivity index (χ3n) is 9.06. The molecule has 0 aromatic heterocycles. The van der Waals surface area contributed by atoms with Gasteiger partial charge >= 0.3 is 11.9 Å². The van der Waals surface area contributed by atoms with Crippen LogP contribution in [0.25, 0.3) is 0 Å². The average Bonchev–Trinajstić information content (AvgIpc) is 3.26. The van der Waals surface area contributed by atoms with Gasteiger partial charge in [0.25, 0.3) is 10.1 Å². The first kappa shape index (κ1) is 20.4. The number of rotatable bonds is 4. The molecule has 0 aromatic carbocycles. The second-order valence-corrected chi connectivity index (χ2v) is 12.6. The summed E-state index contributed by atoms with van der Waals surface area (Å²) in [6.45, 7) is 5.47. The minimum Gasteiger partial charge on any atom is -0.458 e. The van der Waals surface area contributed by atoms with Crippen molar-refractivity contribution in [3.8, 4) is 0 Å². The first-order chi connectivity index (χ1) is 14.6. The van der Waals surface area contributed by atoms with Crippen LogP contribution in [0.15, 0.2) is 0 Å². The molecule has 3 heterocycles. The fourth-order valence-corrected chi connectivity index (χ4v) is 10.1. The average molecular weight is 455 g/mol. The molecule has 4 aliphatic carbocycles. The Hall–Kier alpha value is -1.19. The summed E-state index contributed by atoms with van der Waals surface area (Å²) in [5.41, 5.74) is -0.564. The normalized spacial score (nSPS) is 52.6. The lowest BCUT2D eigenvalue weighted by atomic mass is 9.47. The molecule has 0 amide bonds. The third-order valence-corrected chi connectivity index (χ3v) is 10.8. The number of ether oxygens (including phenoxy) is 3. The van der Waals surface area contributed by atoms with Crippen molar-refractivity contribution in [1.82, 2.24) is 0 Å². The van der Waals surface area contributed by atoms with Crippen LogP contribution in [-0.2, 0) is 38.1 Å². The number of fused-ring (bicyclic) bond motifs is 1. The molecule has 0 spiro atoms. The van der Waals surface area contributed by atoms with Crippen LogP contribution in [0.2, 0.25) is 0 Å². The lowest BCUT2D eigenvalue weighted by Crippen LogP contribution is -2.63. The van der Waals surface area contributed by atoms with E-state index in [1.54, 1.807) is 0 Å². The van der Waals surface area contributed by atoms with Crippen molar-refractivity contribution < 1.29 is 36.4 Å². The maximum atomic E-state index is 13.7. The van der Waals surface area contributed by atoms with Gasteiger partial charge in [-0.25, -0.2) is 0 Å². The lowest BCUT2D eigenvalue weighted by Gasteiger charge is -2.62. The smallest absolute Gasteiger partial charge is 0.313 e. The van der Waals surface area contributed by atoms with E-state index in [1.165, 1.54) is 13.3 Å². The molecule has 0 radical (unpaired) electrons. The Morgan fingerprint density at radius 3 is 2.13 bits per heavy atom. The number of carbonyl (C=O) groups excluding carboxylic acids is 2. The highest BCUT2D eigenvalue weighted by Gasteiger charge is 2.74. The van der Waals surface area contributed by atoms with E-state index in [0.29, 0.717) is 11.8 Å². The summed E-state index contributed by atoms with van der Waals surface area (Å²) in [6, 6.07) is 0. The topological polar surface area (TPSA) is 105 Å². The Morgan fingerprint density at radius 1 is 0.968 bits per heavy atom. The minimum absolute atomic E-state index is 0.138. The molecular formula is C22H30O8S. The largest absolute Gasteiger partial charge is 0.458 e. The van der Waals surface area contributed by atoms with E-state index in [4.69, 9.17) is 18.4 Å². The zero-order chi connectivity index (χ0) is 21.9. The van der Waals surface area contributed by atoms with Gasteiger partial charge in [0, 0.05) is 6.92 Å². The Balaban J connectivity index is 1.33. The monoisotopic (exact) mass is 454 g/mol. The SMILES string of the molecule is CC(=O)OC1C2OS(=O)(=O)C3C2OC1C3C(=O)OC1(C(C)C)C2CC3CC(C2)CC1C3. The van der Waals surface area contributed by atoms with Gasteiger partial charge in [-0.15, -0.1) is 0 Å². The predicted octanol–water partition coefficient (Wildman–Crippen LogP) is 1.81. The Labute approximate surface area is 182 Å². The van der Waals surface area contributed by atoms with E-state index in [1.807, 2.05) is 0 Å². The van der Waals surface area contributed by atoms with Gasteiger partial charge in [0.05, 0.1) is 0 Å². The summed E-state index contributed by atoms with van der Waals surface area (Å²) in [6.07, 6.45) is 2.15. The van der Waals surface area contributed by atoms with E-state index in [2.05, 4.69) is 13.8 Å². The van der Waals surface area contributed by atoms with E-state index >= 15 is 0 Å². The molecule has 9 heteroatoms. The van der Waals surface area contributed by atoms with Crippen molar-refractivity contribution in [2.45, 2.75) is 88.1 Å². The van der Waals surface area contributed by atoms with Crippen LogP contribution >= 0.6 is 0 Å². The molecule has 4 saturated carbocycles. The fourth-order valence-electron chi connectivity index (χ4n) is 8.31. The van der Waals surface area contributed by atoms with Gasteiger partial charge in [0.15, 0.2) is 6.10 Å². The van der Waals surface area contributed by atoms with Crippen LogP contribution in [0, 0.1) is 35.5 Å². The molecule has 8 nitrogen and oxygen atoms in total. The maximum Gasteiger partial charge on any atom is 0.313 e. The van der Waals surface area contributed by atoms with Crippen LogP contribution < -0.4 is 0 Å². The zero-order valence-electron chi connectivity index (χ0n) is 18.1. The molecule has 7 aliphatic rings. The first-order valence-electron chi connectivity index (χ1n) is 11.6. The van der Waals surface area contributed by atoms with Crippen LogP contribution in [0.3, 0.4) is 0 Å². The number of hydrogen-bond donors (Lipinski definition) is 0. The van der Waals surface area contributed by atoms with E-state index in [-0.39, 0.29) is 5.92 Å². The number of esters is 2. The van der Waals surface area contributed by atoms with Gasteiger partial charge in [-0.1, -0.05) is 13.8 Å². The standard InChI is InChI=1S/C22H30O8S/c1-9(2)22(13-5-11-4-12(7-13)8-14(22)6-11)29-21(24)15-16-17(27-10(3)23)18-19(28-16)20(15)31(25,26)30-18/h9,11-20H,4-8H2,1-3H3. The minimum atomic E-state index is -4.01. The zero-order valence-corrected chi connectivity index (χ0v) is 18.9. The van der Waals surface area contributed by atoms with Crippen molar-refractivity contribution in [3.05, 3.63) is 0 Å². The molecule has 31 heavy (non-hydrogen) atoms. The molecule has 172 valence electrons. The summed E-state index contributed by atoms with van der Waals surface area (Å²) in [5.74, 6) is 0.0839. The molecule has 6 atom stereocenters. The van der Waals surface area contributed by atoms with Crippen molar-refractivity contribution in [2.24, 2.45) is 35.5 Å². The Bertz CT molecular complexity index is 898. The van der Waals surface area contributed by atoms with Gasteiger partial charge in [-0.3, -0.25) is 13.8 Å². The fraction of sp³-hybridized carbons (Fsp3) is 0.909. The quantitative estimate of drug-likeness (QED) is 0.468. The van der Waals surface area contributed by atoms with Crippen molar-refractivity contribution >= 4 is 22.1 Å². The molecular weight excluding hydrogens is 424 g/mol. The second-order valence-electron chi connectivity index (χ2n) is 10.9. The van der Waals surface area contributed by atoms with Crippen LogP contribution in [0.1, 0.15) is 52.9 Å². The first-order valence-corrected chi connectivity index (χ1v) is 13.1. The highest BCUT2D eigenvalue weighted by atomic mass is 32.2. The predicted molar refractivity (Wildman–Crippen MR) is 106 cm³/mol. The summed E-state index contributed by atoms with van der Waals surface area (Å²) < 4.78 is 48.3. The van der Waals surface area contributed by atoms with Crippen molar-refractivity contribution in [1.29, 1.82) is 0 Å². The van der Waals surface area contributed by atoms with Gasteiger partial charge in [-0.05, 0) is 61.7 Å². The van der Waals surface area contributed by atoms with Gasteiger partial charge in [0.1, 0.15) is 35.1 Å². The molecule has 3 aliphatic heterocycles. The Morgan fingerprint density at radius 2 is 1.58 bits per heavy atom. The van der Waals surface area contributed by atoms with E-state index in [9.17, 15) is 18.0 Å². The Kier molecular flexibility index (Phi) is 4.24. The summed E-state index contributed by atoms with van der Waals surface area (Å²) >= 11 is 0. The molecule has 6 unspecified atom stereocenters. The lowest BCUT2D eigenvalue weighted by molar-refractivity contribution is -0.229. The number of hydrogen-bond acceptors (Lipinski definition) is 8. The number of carbonyl (C=O) groups is 2. The van der Waals surface area contributed by atoms with Crippen LogP contribution in [-0.4, -0.2) is 55.6 Å². The van der Waals surface area contributed by atoms with Crippen LogP contribution in [0.4, 0.5) is 0 Å². The summed E-state index contributed by atoms with van der Waals surface area (Å²) in [5, 5.41) is -1.09. The summed E-state index contributed by atoms with van der Waals surface area (Å²) in [4.78, 5) is 25.3. The van der Waals surface area contributed by atoms with E-state index in [0.717, 1.165) is 37.5 Å². The van der Waals surface area contributed by atoms with Crippen molar-refractivity contribution in [2.75, 3.05) is 0 Å². The molecule has 0 aromatic rings. The maximum absolute atomic E-state index is 13.7. The second kappa shape index (κ2) is 6.44. The van der Waals surface area contributed by atoms with Gasteiger partial charge in [-0.2, -0.15) is 8.42 Å². The van der Waals surface area contributed by atoms with Gasteiger partial charge in [0.2, 0.25) is 0 Å². The third kappa shape index (κ3) is 2.63. The highest BCUT2D eigenvalue weighted by Crippen LogP contribution is 2.62. The molecule has 0 N–H and O–H groups in total. The molecule has 7 fully saturated rings. The van der Waals surface area contributed by atoms with Crippen molar-refractivity contribution in [3.63, 3.8) is 0 Å². The molecule has 3 saturated heterocycles. The molecule has 7 rings (SSSR count). The molecule has 6 bridgehead atoms. The highest BCUT2D eigenvalue weighted by molar-refractivity contribution is 7.87. The summed E-state index contributed by atoms with van der Waals surface area (Å²) in [7, 11) is -4.01. The van der Waals surface area contributed by atoms with E-state index < -0.39 is 63.2 Å². The van der Waals surface area contributed by atoms with Crippen LogP contribution in [0.5, 0.6) is 0 Å². The van der Waals surface area contributed by atoms with Gasteiger partial charge < -0.3 is 14.2 Å².